The number of hydrogen-bond acceptors (Lipinski definition) is 11. The molecule has 11 heteroatoms. The number of ketones is 3. The number of hydrogen-bond donors (Lipinski definition) is 6. The summed E-state index contributed by atoms with van der Waals surface area (Å²) in [7, 11) is 0. The maximum absolute atomic E-state index is 13.8. The fourth-order valence-corrected chi connectivity index (χ4v) is 5.73. The van der Waals surface area contributed by atoms with E-state index in [4.69, 9.17) is 9.47 Å². The predicted octanol–water partition coefficient (Wildman–Crippen LogP) is 1.49. The zero-order valence-electron chi connectivity index (χ0n) is 21.6. The Hall–Kier alpha value is -3.35. The van der Waals surface area contributed by atoms with Crippen LogP contribution in [0.15, 0.2) is 18.2 Å². The second kappa shape index (κ2) is 10.00. The molecule has 0 amide bonds. The van der Waals surface area contributed by atoms with Gasteiger partial charge >= 0.3 is 0 Å². The van der Waals surface area contributed by atoms with Gasteiger partial charge in [0.2, 0.25) is 0 Å². The molecule has 0 radical (unpaired) electrons. The van der Waals surface area contributed by atoms with Gasteiger partial charge in [0.05, 0.1) is 41.6 Å². The van der Waals surface area contributed by atoms with E-state index in [1.807, 2.05) is 0 Å². The van der Waals surface area contributed by atoms with Crippen molar-refractivity contribution in [3.8, 4) is 11.5 Å². The summed E-state index contributed by atoms with van der Waals surface area (Å²) in [4.78, 5) is 39.9. The zero-order chi connectivity index (χ0) is 28.2. The van der Waals surface area contributed by atoms with Gasteiger partial charge in [-0.05, 0) is 26.3 Å². The summed E-state index contributed by atoms with van der Waals surface area (Å²) in [6.45, 7) is 2.75. The largest absolute Gasteiger partial charge is 0.507 e. The number of rotatable bonds is 6. The highest BCUT2D eigenvalue weighted by Crippen LogP contribution is 2.52. The van der Waals surface area contributed by atoms with Crippen LogP contribution in [-0.4, -0.2) is 80.1 Å². The summed E-state index contributed by atoms with van der Waals surface area (Å²) in [5.74, 6) is -3.22. The molecule has 0 aromatic heterocycles. The number of ether oxygens (including phenoxy) is 2. The number of aromatic hydroxyl groups is 2. The Morgan fingerprint density at radius 3 is 2.51 bits per heavy atom. The Labute approximate surface area is 224 Å². The zero-order valence-corrected chi connectivity index (χ0v) is 21.6. The molecule has 5 atom stereocenters. The van der Waals surface area contributed by atoms with E-state index >= 15 is 0 Å². The Bertz CT molecular complexity index is 1370. The van der Waals surface area contributed by atoms with Gasteiger partial charge in [0.15, 0.2) is 23.6 Å². The van der Waals surface area contributed by atoms with Crippen LogP contribution in [0.5, 0.6) is 11.5 Å². The molecule has 39 heavy (non-hydrogen) atoms. The van der Waals surface area contributed by atoms with Crippen molar-refractivity contribution in [2.75, 3.05) is 18.5 Å². The highest BCUT2D eigenvalue weighted by atomic mass is 16.7. The lowest BCUT2D eigenvalue weighted by atomic mass is 9.72. The van der Waals surface area contributed by atoms with Gasteiger partial charge in [-0.15, -0.1) is 0 Å². The number of aliphatic hydroxyl groups excluding tert-OH is 2. The minimum atomic E-state index is -1.98. The number of nitrogens with one attached hydrogen (secondary N) is 1. The van der Waals surface area contributed by atoms with E-state index in [-0.39, 0.29) is 53.9 Å². The average Bonchev–Trinajstić information content (AvgIpc) is 2.89. The van der Waals surface area contributed by atoms with Gasteiger partial charge in [0.25, 0.3) is 0 Å². The third kappa shape index (κ3) is 4.40. The molecule has 2 aromatic rings. The molecule has 6 N–H and O–H groups in total. The lowest BCUT2D eigenvalue weighted by molar-refractivity contribution is -0.243. The molecule has 208 valence electrons. The lowest BCUT2D eigenvalue weighted by Gasteiger charge is -2.41. The first-order valence-corrected chi connectivity index (χ1v) is 12.9. The highest BCUT2D eigenvalue weighted by Gasteiger charge is 2.49. The van der Waals surface area contributed by atoms with Crippen LogP contribution >= 0.6 is 0 Å². The molecule has 3 aliphatic rings. The van der Waals surface area contributed by atoms with Gasteiger partial charge in [0.1, 0.15) is 17.1 Å². The van der Waals surface area contributed by atoms with Crippen LogP contribution < -0.4 is 5.32 Å². The van der Waals surface area contributed by atoms with E-state index in [1.165, 1.54) is 13.0 Å². The maximum Gasteiger partial charge on any atom is 0.200 e. The minimum Gasteiger partial charge on any atom is -0.507 e. The molecular weight excluding hydrogens is 510 g/mol. The molecule has 1 heterocycles. The molecule has 11 nitrogen and oxygen atoms in total. The van der Waals surface area contributed by atoms with Gasteiger partial charge < -0.3 is 40.3 Å². The van der Waals surface area contributed by atoms with Crippen LogP contribution in [0.1, 0.15) is 82.2 Å². The van der Waals surface area contributed by atoms with Crippen molar-refractivity contribution in [3.05, 3.63) is 51.6 Å². The number of phenolic OH excluding ortho intramolecular Hbond substituents is 2. The van der Waals surface area contributed by atoms with Crippen molar-refractivity contribution in [3.63, 3.8) is 0 Å². The number of Topliss-reactive ketones (excluding diaryl/α,β-unsaturated/α-hetero) is 1. The third-order valence-electron chi connectivity index (χ3n) is 7.90. The first-order chi connectivity index (χ1) is 18.5. The predicted molar refractivity (Wildman–Crippen MR) is 136 cm³/mol. The summed E-state index contributed by atoms with van der Waals surface area (Å²) in [6.07, 6.45) is -3.32. The molecule has 5 rings (SSSR count). The highest BCUT2D eigenvalue weighted by molar-refractivity contribution is 6.32. The second-order valence-electron chi connectivity index (χ2n) is 10.4. The molecule has 2 aromatic carbocycles. The number of fused-ring (bicyclic) bond motifs is 3. The summed E-state index contributed by atoms with van der Waals surface area (Å²) in [5.41, 5.74) is -2.60. The van der Waals surface area contributed by atoms with Crippen LogP contribution in [-0.2, 0) is 20.7 Å². The van der Waals surface area contributed by atoms with Crippen LogP contribution in [0.3, 0.4) is 0 Å². The molecular formula is C28H31NO10. The van der Waals surface area contributed by atoms with Crippen molar-refractivity contribution in [1.29, 1.82) is 0 Å². The first-order valence-electron chi connectivity index (χ1n) is 12.9. The fraction of sp³-hybridized carbons (Fsp3) is 0.464. The van der Waals surface area contributed by atoms with E-state index in [0.717, 1.165) is 0 Å². The second-order valence-corrected chi connectivity index (χ2v) is 10.4. The monoisotopic (exact) mass is 541 g/mol. The number of anilines is 1. The van der Waals surface area contributed by atoms with E-state index in [1.54, 1.807) is 19.1 Å². The summed E-state index contributed by atoms with van der Waals surface area (Å²) < 4.78 is 11.8. The van der Waals surface area contributed by atoms with E-state index < -0.39 is 76.6 Å². The lowest BCUT2D eigenvalue weighted by Crippen LogP contribution is -2.46. The normalized spacial score (nSPS) is 27.9. The van der Waals surface area contributed by atoms with Gasteiger partial charge in [-0.3, -0.25) is 14.4 Å². The van der Waals surface area contributed by atoms with Crippen molar-refractivity contribution in [2.24, 2.45) is 0 Å². The van der Waals surface area contributed by atoms with Crippen LogP contribution in [0.4, 0.5) is 5.69 Å². The minimum absolute atomic E-state index is 0.00122. The maximum atomic E-state index is 13.8. The number of phenols is 2. The SMILES string of the molecule is CC(=O)[C@]1(O)Cc2c(O)c3c(c(O)c2[C@@H](OC2CC[C@H](O)[C@H](C)O2)C1)C(=O)c1c(NCCO)cccc1C3=O. The van der Waals surface area contributed by atoms with E-state index in [0.29, 0.717) is 6.42 Å². The molecule has 0 bridgehead atoms. The Kier molecular flexibility index (Phi) is 6.98. The van der Waals surface area contributed by atoms with Crippen LogP contribution in [0, 0.1) is 0 Å². The van der Waals surface area contributed by atoms with Crippen molar-refractivity contribution in [1.82, 2.24) is 0 Å². The third-order valence-corrected chi connectivity index (χ3v) is 7.90. The summed E-state index contributed by atoms with van der Waals surface area (Å²) in [6, 6.07) is 4.53. The first kappa shape index (κ1) is 27.2. The van der Waals surface area contributed by atoms with Crippen molar-refractivity contribution < 1.29 is 49.4 Å². The van der Waals surface area contributed by atoms with Crippen molar-refractivity contribution >= 4 is 23.0 Å². The average molecular weight is 542 g/mol. The van der Waals surface area contributed by atoms with E-state index in [9.17, 15) is 39.9 Å². The van der Waals surface area contributed by atoms with Crippen LogP contribution in [0.25, 0.3) is 0 Å². The topological polar surface area (TPSA) is 183 Å². The summed E-state index contributed by atoms with van der Waals surface area (Å²) >= 11 is 0. The molecule has 2 aliphatic carbocycles. The molecule has 0 saturated carbocycles. The number of benzene rings is 2. The summed E-state index contributed by atoms with van der Waals surface area (Å²) in [5, 5.41) is 56.2. The van der Waals surface area contributed by atoms with Gasteiger partial charge in [-0.2, -0.15) is 0 Å². The quantitative estimate of drug-likeness (QED) is 0.249. The molecule has 1 saturated heterocycles. The van der Waals surface area contributed by atoms with Gasteiger partial charge in [0, 0.05) is 48.2 Å². The number of carbonyl (C=O) groups is 3. The molecule has 1 fully saturated rings. The van der Waals surface area contributed by atoms with Gasteiger partial charge in [-0.1, -0.05) is 12.1 Å². The van der Waals surface area contributed by atoms with E-state index in [2.05, 4.69) is 5.32 Å². The number of aliphatic hydroxyl groups is 3. The van der Waals surface area contributed by atoms with Gasteiger partial charge in [-0.25, -0.2) is 0 Å². The molecule has 1 aliphatic heterocycles. The Balaban J connectivity index is 1.66. The van der Waals surface area contributed by atoms with Crippen LogP contribution in [0.2, 0.25) is 0 Å². The molecule has 0 spiro atoms. The fourth-order valence-electron chi connectivity index (χ4n) is 5.73. The Morgan fingerprint density at radius 2 is 1.85 bits per heavy atom. The standard InChI is InChI=1S/C28H31NO10/c1-12-17(32)6-7-19(38-12)39-18-11-28(37,13(2)31)10-15-21(18)27(36)23-22(25(15)34)24(33)14-4-3-5-16(29-8-9-30)20(14)26(23)35/h3-5,12,17-19,29-30,32,34,36-37H,6-11H2,1-2H3/t12-,17-,18-,19?,28-/m0/s1. The molecule has 1 unspecified atom stereocenters. The van der Waals surface area contributed by atoms with Crippen molar-refractivity contribution in [2.45, 2.75) is 69.7 Å². The number of carbonyl (C=O) groups excluding carboxylic acids is 3. The Morgan fingerprint density at radius 1 is 1.13 bits per heavy atom. The smallest absolute Gasteiger partial charge is 0.200 e.